The van der Waals surface area contributed by atoms with Gasteiger partial charge in [0.1, 0.15) is 5.84 Å². The van der Waals surface area contributed by atoms with Crippen molar-refractivity contribution in [3.8, 4) is 0 Å². The van der Waals surface area contributed by atoms with Gasteiger partial charge < -0.3 is 15.5 Å². The maximum absolute atomic E-state index is 12.4. The Hall–Kier alpha value is -1.88. The van der Waals surface area contributed by atoms with E-state index in [1.54, 1.807) is 11.9 Å². The fourth-order valence-electron chi connectivity index (χ4n) is 4.25. The van der Waals surface area contributed by atoms with Gasteiger partial charge in [-0.2, -0.15) is 0 Å². The molecule has 23 heavy (non-hydrogen) atoms. The van der Waals surface area contributed by atoms with Crippen LogP contribution in [0.5, 0.6) is 0 Å². The average molecular weight is 312 g/mol. The van der Waals surface area contributed by atoms with Crippen LogP contribution < -0.4 is 10.6 Å². The van der Waals surface area contributed by atoms with Crippen LogP contribution in [0.3, 0.4) is 0 Å². The Labute approximate surface area is 137 Å². The summed E-state index contributed by atoms with van der Waals surface area (Å²) in [5.41, 5.74) is 7.99. The van der Waals surface area contributed by atoms with Crippen LogP contribution in [0.4, 0.5) is 5.69 Å². The Morgan fingerprint density at radius 1 is 1.09 bits per heavy atom. The van der Waals surface area contributed by atoms with Gasteiger partial charge in [-0.15, -0.1) is 0 Å². The van der Waals surface area contributed by atoms with E-state index in [-0.39, 0.29) is 5.91 Å². The Balaban J connectivity index is 1.78. The fourth-order valence-corrected chi connectivity index (χ4v) is 4.25. The third-order valence-electron chi connectivity index (χ3n) is 5.57. The van der Waals surface area contributed by atoms with Crippen LogP contribution in [0.25, 0.3) is 0 Å². The number of fused-ring (bicyclic) bond motifs is 5. The molecule has 1 unspecified atom stereocenters. The van der Waals surface area contributed by atoms with Crippen LogP contribution in [0, 0.1) is 11.8 Å². The largest absolute Gasteiger partial charge is 0.356 e. The van der Waals surface area contributed by atoms with Crippen molar-refractivity contribution in [2.75, 3.05) is 25.0 Å². The van der Waals surface area contributed by atoms with Crippen LogP contribution >= 0.6 is 0 Å². The normalized spacial score (nSPS) is 30.6. The van der Waals surface area contributed by atoms with Gasteiger partial charge in [0.25, 0.3) is 5.91 Å². The van der Waals surface area contributed by atoms with Crippen molar-refractivity contribution in [1.82, 2.24) is 4.90 Å². The fraction of sp³-hybridized carbons (Fsp3) is 0.556. The van der Waals surface area contributed by atoms with E-state index in [1.807, 2.05) is 18.2 Å². The molecule has 1 aromatic carbocycles. The number of aliphatic imine (C=N–C) groups is 1. The highest BCUT2D eigenvalue weighted by Gasteiger charge is 2.34. The number of para-hydroxylation sites is 1. The zero-order valence-electron chi connectivity index (χ0n) is 13.6. The first-order valence-electron chi connectivity index (χ1n) is 8.59. The highest BCUT2D eigenvalue weighted by molar-refractivity contribution is 6.11. The molecule has 0 radical (unpaired) electrons. The third-order valence-corrected chi connectivity index (χ3v) is 5.57. The minimum Gasteiger partial charge on any atom is -0.356 e. The number of amides is 1. The topological polar surface area (TPSA) is 61.9 Å². The minimum atomic E-state index is -0.816. The van der Waals surface area contributed by atoms with Gasteiger partial charge in [-0.3, -0.25) is 4.79 Å². The van der Waals surface area contributed by atoms with E-state index in [2.05, 4.69) is 16.0 Å². The number of likely N-dealkylation sites (N-methyl/N-ethyl adjacent to an activating group) is 1. The zero-order valence-corrected chi connectivity index (χ0v) is 13.6. The van der Waals surface area contributed by atoms with Crippen molar-refractivity contribution in [3.05, 3.63) is 29.8 Å². The molecule has 5 nitrogen and oxygen atoms in total. The van der Waals surface area contributed by atoms with Gasteiger partial charge >= 0.3 is 0 Å². The van der Waals surface area contributed by atoms with Gasteiger partial charge in [0, 0.05) is 25.7 Å². The van der Waals surface area contributed by atoms with Crippen molar-refractivity contribution in [3.63, 3.8) is 0 Å². The molecule has 2 saturated heterocycles. The molecule has 1 saturated carbocycles. The van der Waals surface area contributed by atoms with Crippen LogP contribution in [0.1, 0.15) is 31.2 Å². The Kier molecular flexibility index (Phi) is 3.60. The highest BCUT2D eigenvalue weighted by atomic mass is 16.2. The summed E-state index contributed by atoms with van der Waals surface area (Å²) in [6, 6.07) is 8.01. The summed E-state index contributed by atoms with van der Waals surface area (Å²) in [6.45, 7) is 2.07. The predicted octanol–water partition coefficient (Wildman–Crippen LogP) is 1.82. The van der Waals surface area contributed by atoms with Crippen molar-refractivity contribution in [2.24, 2.45) is 22.6 Å². The average Bonchev–Trinajstić information content (AvgIpc) is 2.94. The molecular weight excluding hydrogens is 288 g/mol. The SMILES string of the molecule is CN1C(=O)C(N)N=C(N2CC3CCC(CC3)C2)c2ccccc21. The molecule has 4 aliphatic rings. The second kappa shape index (κ2) is 5.64. The number of hydrogen-bond donors (Lipinski definition) is 1. The number of benzene rings is 1. The molecule has 1 amide bonds. The van der Waals surface area contributed by atoms with Gasteiger partial charge in [-0.05, 0) is 49.7 Å². The lowest BCUT2D eigenvalue weighted by Gasteiger charge is -2.27. The van der Waals surface area contributed by atoms with E-state index >= 15 is 0 Å². The first kappa shape index (κ1) is 14.7. The van der Waals surface area contributed by atoms with Crippen molar-refractivity contribution in [1.29, 1.82) is 0 Å². The summed E-state index contributed by atoms with van der Waals surface area (Å²) in [7, 11) is 1.78. The molecule has 1 atom stereocenters. The standard InChI is InChI=1S/C18H24N4O/c1-21-15-5-3-2-4-14(15)17(20-16(19)18(21)23)22-10-12-6-7-13(11-22)9-8-12/h2-5,12-13,16H,6-11,19H2,1H3. The highest BCUT2D eigenvalue weighted by Crippen LogP contribution is 2.35. The lowest BCUT2D eigenvalue weighted by Crippen LogP contribution is -2.40. The number of nitrogens with zero attached hydrogens (tertiary/aromatic N) is 3. The quantitative estimate of drug-likeness (QED) is 0.795. The van der Waals surface area contributed by atoms with E-state index in [0.29, 0.717) is 0 Å². The second-order valence-electron chi connectivity index (χ2n) is 7.10. The summed E-state index contributed by atoms with van der Waals surface area (Å²) in [4.78, 5) is 21.1. The molecule has 1 aromatic rings. The molecular formula is C18H24N4O. The molecule has 3 aliphatic heterocycles. The molecule has 3 fully saturated rings. The molecule has 3 heterocycles. The maximum Gasteiger partial charge on any atom is 0.266 e. The summed E-state index contributed by atoms with van der Waals surface area (Å²) in [6.07, 6.45) is 4.47. The number of carbonyl (C=O) groups is 1. The van der Waals surface area contributed by atoms with E-state index in [1.165, 1.54) is 25.7 Å². The molecule has 5 heteroatoms. The summed E-state index contributed by atoms with van der Waals surface area (Å²) in [5, 5.41) is 0. The molecule has 1 aliphatic carbocycles. The van der Waals surface area contributed by atoms with E-state index < -0.39 is 6.17 Å². The smallest absolute Gasteiger partial charge is 0.266 e. The number of benzodiazepines with no additional fused rings is 1. The van der Waals surface area contributed by atoms with Crippen molar-refractivity contribution in [2.45, 2.75) is 31.8 Å². The first-order valence-corrected chi connectivity index (χ1v) is 8.59. The Morgan fingerprint density at radius 2 is 1.70 bits per heavy atom. The first-order chi connectivity index (χ1) is 11.1. The lowest BCUT2D eigenvalue weighted by molar-refractivity contribution is -0.119. The Bertz CT molecular complexity index is 634. The van der Waals surface area contributed by atoms with Crippen LogP contribution in [-0.2, 0) is 4.79 Å². The van der Waals surface area contributed by atoms with Crippen LogP contribution in [0.2, 0.25) is 0 Å². The summed E-state index contributed by atoms with van der Waals surface area (Å²) >= 11 is 0. The second-order valence-corrected chi connectivity index (χ2v) is 7.10. The minimum absolute atomic E-state index is 0.148. The maximum atomic E-state index is 12.4. The number of carbonyl (C=O) groups excluding carboxylic acids is 1. The van der Waals surface area contributed by atoms with Gasteiger partial charge in [-0.1, -0.05) is 12.1 Å². The summed E-state index contributed by atoms with van der Waals surface area (Å²) < 4.78 is 0. The lowest BCUT2D eigenvalue weighted by atomic mass is 9.84. The molecule has 122 valence electrons. The van der Waals surface area contributed by atoms with Gasteiger partial charge in [0.05, 0.1) is 5.69 Å². The number of anilines is 1. The van der Waals surface area contributed by atoms with Crippen molar-refractivity contribution < 1.29 is 4.79 Å². The number of nitrogens with two attached hydrogens (primary N) is 1. The third kappa shape index (κ3) is 2.53. The van der Waals surface area contributed by atoms with E-state index in [9.17, 15) is 4.79 Å². The van der Waals surface area contributed by atoms with Gasteiger partial charge in [0.15, 0.2) is 6.17 Å². The molecule has 0 aromatic heterocycles. The molecule has 2 N–H and O–H groups in total. The van der Waals surface area contributed by atoms with Crippen LogP contribution in [0.15, 0.2) is 29.3 Å². The van der Waals surface area contributed by atoms with Gasteiger partial charge in [-0.25, -0.2) is 4.99 Å². The molecule has 0 spiro atoms. The predicted molar refractivity (Wildman–Crippen MR) is 91.4 cm³/mol. The zero-order chi connectivity index (χ0) is 16.0. The van der Waals surface area contributed by atoms with Crippen LogP contribution in [-0.4, -0.2) is 42.9 Å². The summed E-state index contributed by atoms with van der Waals surface area (Å²) in [5.74, 6) is 2.25. The molecule has 2 bridgehead atoms. The number of amidine groups is 1. The van der Waals surface area contributed by atoms with Crippen molar-refractivity contribution >= 4 is 17.4 Å². The monoisotopic (exact) mass is 312 g/mol. The van der Waals surface area contributed by atoms with E-state index in [4.69, 9.17) is 5.73 Å². The van der Waals surface area contributed by atoms with E-state index in [0.717, 1.165) is 42.0 Å². The molecule has 5 rings (SSSR count). The number of hydrogen-bond acceptors (Lipinski definition) is 4. The number of rotatable bonds is 0. The Morgan fingerprint density at radius 3 is 2.35 bits per heavy atom. The van der Waals surface area contributed by atoms with Gasteiger partial charge in [0.2, 0.25) is 0 Å².